The first-order chi connectivity index (χ1) is 9.65. The van der Waals surface area contributed by atoms with Crippen LogP contribution in [0, 0.1) is 5.82 Å². The third kappa shape index (κ3) is 3.30. The first kappa shape index (κ1) is 14.8. The zero-order valence-corrected chi connectivity index (χ0v) is 12.2. The lowest BCUT2D eigenvalue weighted by atomic mass is 9.98. The predicted octanol–water partition coefficient (Wildman–Crippen LogP) is 4.19. The molecule has 0 amide bonds. The molecular formula is C16H17ClFNO. The molecule has 0 saturated heterocycles. The van der Waals surface area contributed by atoms with Crippen LogP contribution in [0.25, 0.3) is 0 Å². The molecule has 2 rings (SSSR count). The van der Waals surface area contributed by atoms with Crippen LogP contribution in [-0.4, -0.2) is 13.7 Å². The molecule has 0 aliphatic carbocycles. The molecule has 0 fully saturated rings. The molecule has 2 nitrogen and oxygen atoms in total. The van der Waals surface area contributed by atoms with Crippen molar-refractivity contribution in [2.45, 2.75) is 13.0 Å². The Morgan fingerprint density at radius 3 is 2.35 bits per heavy atom. The summed E-state index contributed by atoms with van der Waals surface area (Å²) in [6.45, 7) is 2.80. The molecule has 0 radical (unpaired) electrons. The number of halogens is 2. The quantitative estimate of drug-likeness (QED) is 0.892. The molecule has 2 aromatic rings. The van der Waals surface area contributed by atoms with Gasteiger partial charge in [0.25, 0.3) is 0 Å². The van der Waals surface area contributed by atoms with Crippen molar-refractivity contribution in [3.05, 3.63) is 64.4 Å². The normalized spacial score (nSPS) is 12.2. The number of rotatable bonds is 5. The lowest BCUT2D eigenvalue weighted by molar-refractivity contribution is 0.414. The van der Waals surface area contributed by atoms with Crippen LogP contribution in [-0.2, 0) is 0 Å². The van der Waals surface area contributed by atoms with Gasteiger partial charge in [0.05, 0.1) is 18.2 Å². The molecule has 1 unspecified atom stereocenters. The van der Waals surface area contributed by atoms with Crippen LogP contribution >= 0.6 is 11.6 Å². The van der Waals surface area contributed by atoms with Gasteiger partial charge in [-0.05, 0) is 41.9 Å². The van der Waals surface area contributed by atoms with Gasteiger partial charge in [0, 0.05) is 0 Å². The van der Waals surface area contributed by atoms with Crippen molar-refractivity contribution in [3.63, 3.8) is 0 Å². The number of methoxy groups -OCH3 is 1. The van der Waals surface area contributed by atoms with Crippen LogP contribution in [0.2, 0.25) is 5.02 Å². The Hall–Kier alpha value is -1.58. The minimum atomic E-state index is -0.402. The lowest BCUT2D eigenvalue weighted by Gasteiger charge is -2.19. The van der Waals surface area contributed by atoms with Crippen LogP contribution in [0.4, 0.5) is 4.39 Å². The van der Waals surface area contributed by atoms with E-state index in [2.05, 4.69) is 5.32 Å². The van der Waals surface area contributed by atoms with Gasteiger partial charge in [0.2, 0.25) is 0 Å². The maximum absolute atomic E-state index is 13.6. The van der Waals surface area contributed by atoms with Crippen LogP contribution in [0.3, 0.4) is 0 Å². The second-order valence-electron chi connectivity index (χ2n) is 4.44. The Labute approximate surface area is 123 Å². The molecular weight excluding hydrogens is 277 g/mol. The molecule has 2 aromatic carbocycles. The van der Waals surface area contributed by atoms with Crippen molar-refractivity contribution >= 4 is 11.6 Å². The van der Waals surface area contributed by atoms with Gasteiger partial charge in [0.1, 0.15) is 11.6 Å². The predicted molar refractivity (Wildman–Crippen MR) is 79.9 cm³/mol. The summed E-state index contributed by atoms with van der Waals surface area (Å²) < 4.78 is 18.8. The average molecular weight is 294 g/mol. The van der Waals surface area contributed by atoms with Crippen LogP contribution in [0.5, 0.6) is 5.75 Å². The highest BCUT2D eigenvalue weighted by atomic mass is 35.5. The van der Waals surface area contributed by atoms with Crippen LogP contribution in [0.15, 0.2) is 42.5 Å². The SMILES string of the molecule is CCNC(c1ccc(OC)cc1)c1ccc(Cl)c(F)c1. The summed E-state index contributed by atoms with van der Waals surface area (Å²) in [7, 11) is 1.63. The fourth-order valence-electron chi connectivity index (χ4n) is 2.12. The fraction of sp³-hybridized carbons (Fsp3) is 0.250. The Bertz CT molecular complexity index is 571. The highest BCUT2D eigenvalue weighted by Crippen LogP contribution is 2.26. The molecule has 106 valence electrons. The zero-order chi connectivity index (χ0) is 14.5. The minimum Gasteiger partial charge on any atom is -0.497 e. The van der Waals surface area contributed by atoms with Crippen molar-refractivity contribution in [1.82, 2.24) is 5.32 Å². The van der Waals surface area contributed by atoms with Gasteiger partial charge >= 0.3 is 0 Å². The standard InChI is InChI=1S/C16H17ClFNO/c1-3-19-16(11-4-7-13(20-2)8-5-11)12-6-9-14(17)15(18)10-12/h4-10,16,19H,3H2,1-2H3. The number of nitrogens with one attached hydrogen (secondary N) is 1. The second-order valence-corrected chi connectivity index (χ2v) is 4.84. The minimum absolute atomic E-state index is 0.0716. The van der Waals surface area contributed by atoms with Gasteiger partial charge < -0.3 is 10.1 Å². The third-order valence-corrected chi connectivity index (χ3v) is 3.44. The highest BCUT2D eigenvalue weighted by molar-refractivity contribution is 6.30. The van der Waals surface area contributed by atoms with E-state index < -0.39 is 5.82 Å². The van der Waals surface area contributed by atoms with E-state index in [1.54, 1.807) is 13.2 Å². The van der Waals surface area contributed by atoms with Crippen molar-refractivity contribution < 1.29 is 9.13 Å². The number of benzene rings is 2. The molecule has 20 heavy (non-hydrogen) atoms. The number of hydrogen-bond acceptors (Lipinski definition) is 2. The number of ether oxygens (including phenoxy) is 1. The summed E-state index contributed by atoms with van der Waals surface area (Å²) in [5.41, 5.74) is 1.90. The topological polar surface area (TPSA) is 21.3 Å². The first-order valence-electron chi connectivity index (χ1n) is 6.48. The Kier molecular flexibility index (Phi) is 4.99. The second kappa shape index (κ2) is 6.73. The van der Waals surface area contributed by atoms with Crippen molar-refractivity contribution in [3.8, 4) is 5.75 Å². The summed E-state index contributed by atoms with van der Waals surface area (Å²) in [4.78, 5) is 0. The van der Waals surface area contributed by atoms with Gasteiger partial charge in [-0.3, -0.25) is 0 Å². The van der Waals surface area contributed by atoms with E-state index in [4.69, 9.17) is 16.3 Å². The third-order valence-electron chi connectivity index (χ3n) is 3.13. The summed E-state index contributed by atoms with van der Waals surface area (Å²) in [5.74, 6) is 0.395. The van der Waals surface area contributed by atoms with Crippen molar-refractivity contribution in [1.29, 1.82) is 0 Å². The van der Waals surface area contributed by atoms with Gasteiger partial charge in [0.15, 0.2) is 0 Å². The molecule has 0 saturated carbocycles. The molecule has 1 N–H and O–H groups in total. The molecule has 0 aromatic heterocycles. The molecule has 0 heterocycles. The van der Waals surface area contributed by atoms with E-state index in [1.807, 2.05) is 37.3 Å². The van der Waals surface area contributed by atoms with Gasteiger partial charge in [-0.2, -0.15) is 0 Å². The van der Waals surface area contributed by atoms with E-state index in [1.165, 1.54) is 6.07 Å². The van der Waals surface area contributed by atoms with E-state index >= 15 is 0 Å². The largest absolute Gasteiger partial charge is 0.497 e. The molecule has 1 atom stereocenters. The van der Waals surface area contributed by atoms with E-state index in [-0.39, 0.29) is 11.1 Å². The first-order valence-corrected chi connectivity index (χ1v) is 6.85. The van der Waals surface area contributed by atoms with Gasteiger partial charge in [-0.15, -0.1) is 0 Å². The Morgan fingerprint density at radius 2 is 1.80 bits per heavy atom. The summed E-state index contributed by atoms with van der Waals surface area (Å²) in [5, 5.41) is 3.49. The molecule has 0 spiro atoms. The van der Waals surface area contributed by atoms with Crippen LogP contribution < -0.4 is 10.1 Å². The zero-order valence-electron chi connectivity index (χ0n) is 11.5. The van der Waals surface area contributed by atoms with Crippen molar-refractivity contribution in [2.75, 3.05) is 13.7 Å². The van der Waals surface area contributed by atoms with E-state index in [9.17, 15) is 4.39 Å². The maximum Gasteiger partial charge on any atom is 0.142 e. The van der Waals surface area contributed by atoms with Gasteiger partial charge in [-0.1, -0.05) is 36.7 Å². The number of hydrogen-bond donors (Lipinski definition) is 1. The molecule has 0 bridgehead atoms. The van der Waals surface area contributed by atoms with Crippen molar-refractivity contribution in [2.24, 2.45) is 0 Å². The molecule has 4 heteroatoms. The highest BCUT2D eigenvalue weighted by Gasteiger charge is 2.14. The van der Waals surface area contributed by atoms with Gasteiger partial charge in [-0.25, -0.2) is 4.39 Å². The Morgan fingerprint density at radius 1 is 1.15 bits per heavy atom. The van der Waals surface area contributed by atoms with E-state index in [0.29, 0.717) is 0 Å². The average Bonchev–Trinajstić information content (AvgIpc) is 2.48. The lowest BCUT2D eigenvalue weighted by Crippen LogP contribution is -2.22. The summed E-state index contributed by atoms with van der Waals surface area (Å²) in [6.07, 6.45) is 0. The fourth-order valence-corrected chi connectivity index (χ4v) is 2.24. The maximum atomic E-state index is 13.6. The summed E-state index contributed by atoms with van der Waals surface area (Å²) >= 11 is 5.74. The van der Waals surface area contributed by atoms with Crippen LogP contribution in [0.1, 0.15) is 24.1 Å². The monoisotopic (exact) mass is 293 g/mol. The van der Waals surface area contributed by atoms with E-state index in [0.717, 1.165) is 23.4 Å². The molecule has 0 aliphatic rings. The molecule has 0 aliphatic heterocycles. The smallest absolute Gasteiger partial charge is 0.142 e. The summed E-state index contributed by atoms with van der Waals surface area (Å²) in [6, 6.07) is 12.6. The Balaban J connectivity index is 2.35.